The van der Waals surface area contributed by atoms with Crippen LogP contribution in [0.2, 0.25) is 0 Å². The van der Waals surface area contributed by atoms with E-state index in [1.165, 1.54) is 0 Å². The van der Waals surface area contributed by atoms with Crippen molar-refractivity contribution in [3.8, 4) is 0 Å². The highest BCUT2D eigenvalue weighted by Crippen LogP contribution is 2.13. The summed E-state index contributed by atoms with van der Waals surface area (Å²) in [5.74, 6) is 0.645. The van der Waals surface area contributed by atoms with E-state index in [2.05, 4.69) is 18.7 Å². The third-order valence-electron chi connectivity index (χ3n) is 2.20. The number of hydrogen-bond acceptors (Lipinski definition) is 3. The zero-order chi connectivity index (χ0) is 9.68. The molecule has 74 valence electrons. The largest absolute Gasteiger partial charge is 0.467 e. The lowest BCUT2D eigenvalue weighted by atomic mass is 10.2. The molecule has 1 rings (SSSR count). The molecular formula is C10H17NO2. The predicted molar refractivity (Wildman–Crippen MR) is 51.5 cm³/mol. The Labute approximate surface area is 79.0 Å². The summed E-state index contributed by atoms with van der Waals surface area (Å²) in [5, 5.41) is 9.71. The third kappa shape index (κ3) is 2.86. The normalized spacial score (nSPS) is 13.5. The van der Waals surface area contributed by atoms with E-state index in [4.69, 9.17) is 4.42 Å². The van der Waals surface area contributed by atoms with Gasteiger partial charge in [0.2, 0.25) is 0 Å². The van der Waals surface area contributed by atoms with Gasteiger partial charge < -0.3 is 14.4 Å². The minimum absolute atomic E-state index is 0.505. The number of rotatable bonds is 5. The minimum Gasteiger partial charge on any atom is -0.467 e. The van der Waals surface area contributed by atoms with Crippen molar-refractivity contribution < 1.29 is 9.52 Å². The van der Waals surface area contributed by atoms with Gasteiger partial charge in [0.15, 0.2) is 0 Å². The predicted octanol–water partition coefficient (Wildman–Crippen LogP) is 1.65. The topological polar surface area (TPSA) is 36.6 Å². The van der Waals surface area contributed by atoms with Crippen LogP contribution in [0.25, 0.3) is 0 Å². The number of aliphatic hydroxyl groups excluding tert-OH is 1. The lowest BCUT2D eigenvalue weighted by Gasteiger charge is -2.20. The molecule has 0 amide bonds. The average Bonchev–Trinajstić information content (AvgIpc) is 2.66. The molecular weight excluding hydrogens is 166 g/mol. The van der Waals surface area contributed by atoms with Gasteiger partial charge in [-0.3, -0.25) is 0 Å². The molecule has 0 radical (unpaired) electrons. The number of furan rings is 1. The molecule has 1 unspecified atom stereocenters. The van der Waals surface area contributed by atoms with Crippen molar-refractivity contribution >= 4 is 0 Å². The first-order valence-electron chi connectivity index (χ1n) is 4.71. The fourth-order valence-electron chi connectivity index (χ4n) is 1.30. The van der Waals surface area contributed by atoms with Gasteiger partial charge in [0.1, 0.15) is 11.9 Å². The minimum atomic E-state index is -0.505. The Kier molecular flexibility index (Phi) is 3.99. The zero-order valence-corrected chi connectivity index (χ0v) is 8.23. The Bertz CT molecular complexity index is 217. The van der Waals surface area contributed by atoms with Crippen molar-refractivity contribution in [3.05, 3.63) is 24.2 Å². The summed E-state index contributed by atoms with van der Waals surface area (Å²) < 4.78 is 5.11. The highest BCUT2D eigenvalue weighted by Gasteiger charge is 2.12. The summed E-state index contributed by atoms with van der Waals surface area (Å²) in [6.45, 7) is 6.71. The lowest BCUT2D eigenvalue weighted by Crippen LogP contribution is -2.28. The van der Waals surface area contributed by atoms with Gasteiger partial charge in [-0.15, -0.1) is 0 Å². The average molecular weight is 183 g/mol. The first kappa shape index (κ1) is 10.3. The van der Waals surface area contributed by atoms with Crippen LogP contribution in [0.1, 0.15) is 25.7 Å². The molecule has 3 nitrogen and oxygen atoms in total. The number of hydrogen-bond donors (Lipinski definition) is 1. The molecule has 0 fully saturated rings. The molecule has 13 heavy (non-hydrogen) atoms. The van der Waals surface area contributed by atoms with E-state index in [1.807, 2.05) is 0 Å². The molecule has 1 aromatic heterocycles. The Hall–Kier alpha value is -0.800. The van der Waals surface area contributed by atoms with Crippen LogP contribution in [0.4, 0.5) is 0 Å². The maximum atomic E-state index is 9.71. The first-order chi connectivity index (χ1) is 6.27. The van der Waals surface area contributed by atoms with Crippen LogP contribution >= 0.6 is 0 Å². The molecule has 0 aliphatic heterocycles. The summed E-state index contributed by atoms with van der Waals surface area (Å²) in [5.41, 5.74) is 0. The van der Waals surface area contributed by atoms with E-state index >= 15 is 0 Å². The molecule has 1 atom stereocenters. The van der Waals surface area contributed by atoms with E-state index in [9.17, 15) is 5.11 Å². The summed E-state index contributed by atoms with van der Waals surface area (Å²) in [7, 11) is 0. The fraction of sp³-hybridized carbons (Fsp3) is 0.600. The second-order valence-electron chi connectivity index (χ2n) is 3.02. The number of aliphatic hydroxyl groups is 1. The summed E-state index contributed by atoms with van der Waals surface area (Å²) in [6, 6.07) is 3.59. The van der Waals surface area contributed by atoms with Crippen LogP contribution in [0.5, 0.6) is 0 Å². The molecule has 0 spiro atoms. The van der Waals surface area contributed by atoms with Crippen LogP contribution in [-0.4, -0.2) is 29.6 Å². The van der Waals surface area contributed by atoms with Crippen molar-refractivity contribution in [2.45, 2.75) is 20.0 Å². The van der Waals surface area contributed by atoms with Crippen LogP contribution < -0.4 is 0 Å². The SMILES string of the molecule is CCN(CC)CC(O)c1ccco1. The molecule has 0 aromatic carbocycles. The molecule has 1 N–H and O–H groups in total. The van der Waals surface area contributed by atoms with Crippen molar-refractivity contribution in [2.24, 2.45) is 0 Å². The van der Waals surface area contributed by atoms with E-state index in [-0.39, 0.29) is 0 Å². The van der Waals surface area contributed by atoms with Crippen LogP contribution in [0.3, 0.4) is 0 Å². The standard InChI is InChI=1S/C10H17NO2/c1-3-11(4-2)8-9(12)10-6-5-7-13-10/h5-7,9,12H,3-4,8H2,1-2H3. The van der Waals surface area contributed by atoms with Gasteiger partial charge >= 0.3 is 0 Å². The smallest absolute Gasteiger partial charge is 0.133 e. The molecule has 1 heterocycles. The van der Waals surface area contributed by atoms with Gasteiger partial charge in [0, 0.05) is 6.54 Å². The van der Waals surface area contributed by atoms with Crippen LogP contribution in [0.15, 0.2) is 22.8 Å². The van der Waals surface area contributed by atoms with Crippen molar-refractivity contribution in [3.63, 3.8) is 0 Å². The van der Waals surface area contributed by atoms with Crippen LogP contribution in [-0.2, 0) is 0 Å². The monoisotopic (exact) mass is 183 g/mol. The maximum Gasteiger partial charge on any atom is 0.133 e. The highest BCUT2D eigenvalue weighted by atomic mass is 16.4. The van der Waals surface area contributed by atoms with Crippen molar-refractivity contribution in [1.29, 1.82) is 0 Å². The molecule has 0 saturated heterocycles. The summed E-state index contributed by atoms with van der Waals surface area (Å²) >= 11 is 0. The van der Waals surface area contributed by atoms with Crippen LogP contribution in [0, 0.1) is 0 Å². The Balaban J connectivity index is 2.45. The van der Waals surface area contributed by atoms with E-state index in [1.54, 1.807) is 18.4 Å². The third-order valence-corrected chi connectivity index (χ3v) is 2.20. The van der Waals surface area contributed by atoms with Gasteiger partial charge in [-0.1, -0.05) is 13.8 Å². The fourth-order valence-corrected chi connectivity index (χ4v) is 1.30. The highest BCUT2D eigenvalue weighted by molar-refractivity contribution is 5.02. The zero-order valence-electron chi connectivity index (χ0n) is 8.23. The lowest BCUT2D eigenvalue weighted by molar-refractivity contribution is 0.0993. The number of likely N-dealkylation sites (N-methyl/N-ethyl adjacent to an activating group) is 1. The quantitative estimate of drug-likeness (QED) is 0.754. The van der Waals surface area contributed by atoms with Gasteiger partial charge in [-0.2, -0.15) is 0 Å². The molecule has 0 saturated carbocycles. The van der Waals surface area contributed by atoms with Gasteiger partial charge in [0.25, 0.3) is 0 Å². The molecule has 3 heteroatoms. The van der Waals surface area contributed by atoms with E-state index in [0.29, 0.717) is 12.3 Å². The Morgan fingerprint density at radius 1 is 1.46 bits per heavy atom. The number of nitrogens with zero attached hydrogens (tertiary/aromatic N) is 1. The summed E-state index contributed by atoms with van der Waals surface area (Å²) in [4.78, 5) is 2.16. The van der Waals surface area contributed by atoms with Crippen molar-refractivity contribution in [1.82, 2.24) is 4.90 Å². The second-order valence-corrected chi connectivity index (χ2v) is 3.02. The second kappa shape index (κ2) is 5.04. The first-order valence-corrected chi connectivity index (χ1v) is 4.71. The van der Waals surface area contributed by atoms with Gasteiger partial charge in [-0.25, -0.2) is 0 Å². The summed E-state index contributed by atoms with van der Waals surface area (Å²) in [6.07, 6.45) is 1.08. The van der Waals surface area contributed by atoms with Gasteiger partial charge in [0.05, 0.1) is 6.26 Å². The molecule has 0 bridgehead atoms. The van der Waals surface area contributed by atoms with E-state index in [0.717, 1.165) is 13.1 Å². The Morgan fingerprint density at radius 2 is 2.15 bits per heavy atom. The molecule has 0 aliphatic carbocycles. The molecule has 1 aromatic rings. The molecule has 0 aliphatic rings. The van der Waals surface area contributed by atoms with E-state index < -0.39 is 6.10 Å². The Morgan fingerprint density at radius 3 is 2.62 bits per heavy atom. The van der Waals surface area contributed by atoms with Gasteiger partial charge in [-0.05, 0) is 25.2 Å². The maximum absolute atomic E-state index is 9.71. The van der Waals surface area contributed by atoms with Crippen molar-refractivity contribution in [2.75, 3.05) is 19.6 Å².